The Bertz CT molecular complexity index is 793. The van der Waals surface area contributed by atoms with E-state index in [4.69, 9.17) is 5.53 Å². The van der Waals surface area contributed by atoms with Gasteiger partial charge in [0.05, 0.1) is 5.92 Å². The molecule has 1 unspecified atom stereocenters. The molecule has 1 aliphatic heterocycles. The fraction of sp³-hybridized carbons (Fsp3) is 0.118. The van der Waals surface area contributed by atoms with Crippen LogP contribution in [0, 0.1) is 0 Å². The van der Waals surface area contributed by atoms with E-state index in [2.05, 4.69) is 16.7 Å². The van der Waals surface area contributed by atoms with Gasteiger partial charge in [0.1, 0.15) is 5.69 Å². The van der Waals surface area contributed by atoms with Gasteiger partial charge in [0, 0.05) is 5.56 Å². The molecule has 5 heteroatoms. The van der Waals surface area contributed by atoms with E-state index in [9.17, 15) is 4.79 Å². The van der Waals surface area contributed by atoms with E-state index in [0.29, 0.717) is 12.1 Å². The molecular formula is C17H14N4O. The first-order chi connectivity index (χ1) is 10.8. The number of allylic oxidation sites excluding steroid dienone is 1. The highest BCUT2D eigenvalue weighted by molar-refractivity contribution is 6.04. The van der Waals surface area contributed by atoms with Gasteiger partial charge in [0.25, 0.3) is 0 Å². The monoisotopic (exact) mass is 290 g/mol. The van der Waals surface area contributed by atoms with Gasteiger partial charge < -0.3 is 0 Å². The minimum atomic E-state index is -0.411. The van der Waals surface area contributed by atoms with Gasteiger partial charge in [-0.15, -0.1) is 17.1 Å². The van der Waals surface area contributed by atoms with Crippen molar-refractivity contribution in [3.05, 3.63) is 77.2 Å². The first kappa shape index (κ1) is 13.9. The first-order valence-corrected chi connectivity index (χ1v) is 6.96. The van der Waals surface area contributed by atoms with Crippen molar-refractivity contribution in [2.75, 3.05) is 5.01 Å². The molecule has 3 rings (SSSR count). The summed E-state index contributed by atoms with van der Waals surface area (Å²) < 4.78 is 0. The largest absolute Gasteiger partial charge is 0.325 e. The normalized spacial score (nSPS) is 16.1. The topological polar surface area (TPSA) is 69.1 Å². The van der Waals surface area contributed by atoms with Crippen molar-refractivity contribution in [1.82, 2.24) is 0 Å². The van der Waals surface area contributed by atoms with Crippen LogP contribution in [0.5, 0.6) is 0 Å². The van der Waals surface area contributed by atoms with Crippen LogP contribution in [0.2, 0.25) is 0 Å². The van der Waals surface area contributed by atoms with Crippen LogP contribution in [-0.2, 0) is 4.79 Å². The molecule has 5 nitrogen and oxygen atoms in total. The maximum absolute atomic E-state index is 12.9. The SMILES string of the molecule is C=CCC1C(=O)N(N=[N+]=[N-])c2ccccc2-c2ccccc21. The molecule has 0 N–H and O–H groups in total. The van der Waals surface area contributed by atoms with Gasteiger partial charge in [0.2, 0.25) is 0 Å². The van der Waals surface area contributed by atoms with Gasteiger partial charge in [-0.1, -0.05) is 48.5 Å². The van der Waals surface area contributed by atoms with Crippen LogP contribution in [0.25, 0.3) is 21.6 Å². The summed E-state index contributed by atoms with van der Waals surface area (Å²) in [6.45, 7) is 3.74. The van der Waals surface area contributed by atoms with Crippen molar-refractivity contribution < 1.29 is 4.79 Å². The number of carbonyl (C=O) groups excluding carboxylic acids is 1. The van der Waals surface area contributed by atoms with E-state index < -0.39 is 5.92 Å². The lowest BCUT2D eigenvalue weighted by atomic mass is 9.89. The highest BCUT2D eigenvalue weighted by Gasteiger charge is 2.36. The van der Waals surface area contributed by atoms with E-state index in [1.165, 1.54) is 0 Å². The lowest BCUT2D eigenvalue weighted by molar-refractivity contribution is -0.120. The molecule has 0 spiro atoms. The second-order valence-corrected chi connectivity index (χ2v) is 5.01. The third kappa shape index (κ3) is 2.14. The third-order valence-electron chi connectivity index (χ3n) is 3.80. The van der Waals surface area contributed by atoms with Gasteiger partial charge in [-0.3, -0.25) is 0 Å². The Kier molecular flexibility index (Phi) is 3.64. The number of amides is 1. The number of benzene rings is 2. The summed E-state index contributed by atoms with van der Waals surface area (Å²) in [6, 6.07) is 15.2. The number of rotatable bonds is 3. The zero-order valence-corrected chi connectivity index (χ0v) is 11.9. The minimum Gasteiger partial charge on any atom is -0.245 e. The summed E-state index contributed by atoms with van der Waals surface area (Å²) in [6.07, 6.45) is 2.20. The van der Waals surface area contributed by atoms with E-state index in [0.717, 1.165) is 21.7 Å². The van der Waals surface area contributed by atoms with E-state index >= 15 is 0 Å². The molecule has 1 atom stereocenters. The smallest absolute Gasteiger partial charge is 0.245 e. The predicted octanol–water partition coefficient (Wildman–Crippen LogP) is 4.59. The van der Waals surface area contributed by atoms with Gasteiger partial charge in [-0.2, -0.15) is 4.91 Å². The summed E-state index contributed by atoms with van der Waals surface area (Å²) in [5.74, 6) is -0.651. The number of anilines is 1. The summed E-state index contributed by atoms with van der Waals surface area (Å²) in [5.41, 5.74) is 12.2. The molecule has 0 radical (unpaired) electrons. The van der Waals surface area contributed by atoms with Crippen LogP contribution in [0.3, 0.4) is 0 Å². The highest BCUT2D eigenvalue weighted by Crippen LogP contribution is 2.42. The Hall–Kier alpha value is -3.04. The van der Waals surface area contributed by atoms with Crippen molar-refractivity contribution in [2.24, 2.45) is 5.22 Å². The van der Waals surface area contributed by atoms with Crippen molar-refractivity contribution in [3.63, 3.8) is 0 Å². The Morgan fingerprint density at radius 1 is 1.18 bits per heavy atom. The zero-order chi connectivity index (χ0) is 15.5. The molecule has 0 fully saturated rings. The number of hydrogen-bond acceptors (Lipinski definition) is 2. The van der Waals surface area contributed by atoms with Gasteiger partial charge in [0.15, 0.2) is 0 Å². The standard InChI is InChI=1S/C17H14N4O/c1-2-7-15-13-9-4-3-8-12(13)14-10-5-6-11-16(14)21(17(15)22)20-19-18/h2-6,8-11,15H,1,7H2. The lowest BCUT2D eigenvalue weighted by Crippen LogP contribution is -2.29. The fourth-order valence-electron chi connectivity index (χ4n) is 2.86. The molecule has 0 saturated carbocycles. The van der Waals surface area contributed by atoms with Crippen LogP contribution >= 0.6 is 0 Å². The van der Waals surface area contributed by atoms with Crippen molar-refractivity contribution in [3.8, 4) is 11.1 Å². The number of fused-ring (bicyclic) bond motifs is 3. The Morgan fingerprint density at radius 2 is 1.86 bits per heavy atom. The molecule has 2 aromatic rings. The van der Waals surface area contributed by atoms with Crippen LogP contribution in [0.1, 0.15) is 17.9 Å². The molecule has 1 aliphatic rings. The van der Waals surface area contributed by atoms with Gasteiger partial charge in [-0.25, -0.2) is 4.79 Å². The van der Waals surface area contributed by atoms with Gasteiger partial charge in [-0.05, 0) is 28.8 Å². The Balaban J connectivity index is 2.33. The third-order valence-corrected chi connectivity index (χ3v) is 3.80. The minimum absolute atomic E-state index is 0.241. The van der Waals surface area contributed by atoms with E-state index in [1.54, 1.807) is 12.1 Å². The van der Waals surface area contributed by atoms with Crippen molar-refractivity contribution in [2.45, 2.75) is 12.3 Å². The number of azide groups is 1. The average molecular weight is 290 g/mol. The molecule has 1 heterocycles. The maximum atomic E-state index is 12.9. The number of nitrogens with zero attached hydrogens (tertiary/aromatic N) is 4. The summed E-state index contributed by atoms with van der Waals surface area (Å²) in [4.78, 5) is 15.7. The van der Waals surface area contributed by atoms with Crippen molar-refractivity contribution in [1.29, 1.82) is 0 Å². The van der Waals surface area contributed by atoms with Crippen molar-refractivity contribution >= 4 is 11.6 Å². The predicted molar refractivity (Wildman–Crippen MR) is 86.1 cm³/mol. The molecule has 22 heavy (non-hydrogen) atoms. The fourth-order valence-corrected chi connectivity index (χ4v) is 2.86. The molecule has 1 amide bonds. The second kappa shape index (κ2) is 5.76. The molecule has 108 valence electrons. The number of carbonyl (C=O) groups is 1. The molecule has 0 bridgehead atoms. The Labute approximate surface area is 128 Å². The van der Waals surface area contributed by atoms with Crippen LogP contribution in [0.4, 0.5) is 5.69 Å². The molecule has 0 aliphatic carbocycles. The average Bonchev–Trinajstić information content (AvgIpc) is 2.65. The van der Waals surface area contributed by atoms with Crippen LogP contribution in [0.15, 0.2) is 66.4 Å². The molecule has 0 saturated heterocycles. The molecule has 0 aromatic heterocycles. The molecular weight excluding hydrogens is 276 g/mol. The zero-order valence-electron chi connectivity index (χ0n) is 11.9. The lowest BCUT2D eigenvalue weighted by Gasteiger charge is -2.15. The van der Waals surface area contributed by atoms with Gasteiger partial charge >= 0.3 is 5.91 Å². The quantitative estimate of drug-likeness (QED) is 0.353. The maximum Gasteiger partial charge on any atom is 0.325 e. The van der Waals surface area contributed by atoms with E-state index in [1.807, 2.05) is 42.5 Å². The summed E-state index contributed by atoms with van der Waals surface area (Å²) >= 11 is 0. The Morgan fingerprint density at radius 3 is 2.59 bits per heavy atom. The second-order valence-electron chi connectivity index (χ2n) is 5.01. The number of para-hydroxylation sites is 1. The summed E-state index contributed by atoms with van der Waals surface area (Å²) in [7, 11) is 0. The summed E-state index contributed by atoms with van der Waals surface area (Å²) in [5, 5.41) is 4.77. The first-order valence-electron chi connectivity index (χ1n) is 6.96. The van der Waals surface area contributed by atoms with Crippen LogP contribution in [-0.4, -0.2) is 5.91 Å². The van der Waals surface area contributed by atoms with Crippen LogP contribution < -0.4 is 5.01 Å². The highest BCUT2D eigenvalue weighted by atomic mass is 16.2. The molecule has 2 aromatic carbocycles. The van der Waals surface area contributed by atoms with E-state index in [-0.39, 0.29) is 5.91 Å². The number of hydrogen-bond donors (Lipinski definition) is 0.